The summed E-state index contributed by atoms with van der Waals surface area (Å²) in [5.74, 6) is -1.02. The molecule has 2 heterocycles. The Morgan fingerprint density at radius 3 is 2.37 bits per heavy atom. The molecule has 0 aliphatic heterocycles. The minimum Gasteiger partial charge on any atom is -0.478 e. The number of nitrogens with zero attached hydrogens (tertiary/aromatic N) is 3. The van der Waals surface area contributed by atoms with Crippen LogP contribution in [-0.4, -0.2) is 25.8 Å². The Bertz CT molecular complexity index is 677. The van der Waals surface area contributed by atoms with Crippen molar-refractivity contribution in [1.29, 1.82) is 0 Å². The van der Waals surface area contributed by atoms with Gasteiger partial charge in [-0.25, -0.2) is 9.48 Å². The SMILES string of the molecule is Cc1cc(-n2nc(C)c(Cl)c2C)c(C(=O)O)c(C)n1. The third kappa shape index (κ3) is 2.21. The van der Waals surface area contributed by atoms with Gasteiger partial charge in [-0.05, 0) is 33.8 Å². The van der Waals surface area contributed by atoms with Gasteiger partial charge in [0.05, 0.1) is 27.8 Å². The van der Waals surface area contributed by atoms with E-state index in [9.17, 15) is 9.90 Å². The Morgan fingerprint density at radius 2 is 1.89 bits per heavy atom. The van der Waals surface area contributed by atoms with Gasteiger partial charge in [-0.3, -0.25) is 4.98 Å². The number of rotatable bonds is 2. The smallest absolute Gasteiger partial charge is 0.339 e. The summed E-state index contributed by atoms with van der Waals surface area (Å²) in [7, 11) is 0. The first-order valence-corrected chi connectivity index (χ1v) is 6.14. The van der Waals surface area contributed by atoms with Gasteiger partial charge in [0.25, 0.3) is 0 Å². The number of hydrogen-bond donors (Lipinski definition) is 1. The fraction of sp³-hybridized carbons (Fsp3) is 0.308. The maximum absolute atomic E-state index is 11.4. The summed E-state index contributed by atoms with van der Waals surface area (Å²) in [6.45, 7) is 7.08. The number of carboxylic acids is 1. The highest BCUT2D eigenvalue weighted by Gasteiger charge is 2.20. The van der Waals surface area contributed by atoms with Crippen LogP contribution in [0.3, 0.4) is 0 Å². The highest BCUT2D eigenvalue weighted by Crippen LogP contribution is 2.25. The first-order valence-electron chi connectivity index (χ1n) is 5.76. The Morgan fingerprint density at radius 1 is 1.26 bits per heavy atom. The Balaban J connectivity index is 2.81. The van der Waals surface area contributed by atoms with Crippen LogP contribution < -0.4 is 0 Å². The summed E-state index contributed by atoms with van der Waals surface area (Å²) in [5.41, 5.74) is 3.22. The lowest BCUT2D eigenvalue weighted by Gasteiger charge is -2.11. The second-order valence-electron chi connectivity index (χ2n) is 4.44. The van der Waals surface area contributed by atoms with E-state index in [2.05, 4.69) is 10.1 Å². The summed E-state index contributed by atoms with van der Waals surface area (Å²) in [5, 5.41) is 14.2. The standard InChI is InChI=1S/C13H14ClN3O2/c1-6-5-10(11(13(18)19)7(2)15-6)17-9(4)12(14)8(3)16-17/h5H,1-4H3,(H,18,19). The topological polar surface area (TPSA) is 68.0 Å². The molecular weight excluding hydrogens is 266 g/mol. The van der Waals surface area contributed by atoms with E-state index in [0.29, 0.717) is 27.8 Å². The Labute approximate surface area is 115 Å². The molecule has 2 aromatic heterocycles. The zero-order chi connectivity index (χ0) is 14.3. The molecule has 0 bridgehead atoms. The molecule has 19 heavy (non-hydrogen) atoms. The normalized spacial score (nSPS) is 10.8. The third-order valence-electron chi connectivity index (χ3n) is 2.95. The molecule has 0 spiro atoms. The number of hydrogen-bond acceptors (Lipinski definition) is 3. The molecular formula is C13H14ClN3O2. The predicted molar refractivity (Wildman–Crippen MR) is 72.3 cm³/mol. The molecule has 0 amide bonds. The van der Waals surface area contributed by atoms with E-state index in [1.807, 2.05) is 6.92 Å². The summed E-state index contributed by atoms with van der Waals surface area (Å²) < 4.78 is 1.56. The van der Waals surface area contributed by atoms with Crippen molar-refractivity contribution in [2.75, 3.05) is 0 Å². The van der Waals surface area contributed by atoms with Crippen molar-refractivity contribution in [3.05, 3.63) is 39.4 Å². The fourth-order valence-corrected chi connectivity index (χ4v) is 2.22. The van der Waals surface area contributed by atoms with Gasteiger partial charge in [0.1, 0.15) is 5.56 Å². The van der Waals surface area contributed by atoms with Crippen molar-refractivity contribution in [3.8, 4) is 5.69 Å². The van der Waals surface area contributed by atoms with Crippen molar-refractivity contribution < 1.29 is 9.90 Å². The molecule has 0 fully saturated rings. The van der Waals surface area contributed by atoms with Gasteiger partial charge in [0.2, 0.25) is 0 Å². The number of aromatic carboxylic acids is 1. The Kier molecular flexibility index (Phi) is 3.32. The maximum Gasteiger partial charge on any atom is 0.339 e. The molecule has 2 rings (SSSR count). The van der Waals surface area contributed by atoms with E-state index in [1.54, 1.807) is 31.5 Å². The molecule has 0 aliphatic rings. The van der Waals surface area contributed by atoms with Crippen LogP contribution in [-0.2, 0) is 0 Å². The lowest BCUT2D eigenvalue weighted by Crippen LogP contribution is -2.12. The third-order valence-corrected chi connectivity index (χ3v) is 3.50. The van der Waals surface area contributed by atoms with Crippen LogP contribution in [0.2, 0.25) is 5.02 Å². The average Bonchev–Trinajstić information content (AvgIpc) is 2.55. The molecule has 0 atom stereocenters. The molecule has 1 N–H and O–H groups in total. The minimum absolute atomic E-state index is 0.146. The van der Waals surface area contributed by atoms with Gasteiger partial charge in [-0.2, -0.15) is 5.10 Å². The number of pyridine rings is 1. The molecule has 0 radical (unpaired) electrons. The van der Waals surface area contributed by atoms with Gasteiger partial charge in [0.15, 0.2) is 0 Å². The van der Waals surface area contributed by atoms with Gasteiger partial charge in [-0.15, -0.1) is 0 Å². The summed E-state index contributed by atoms with van der Waals surface area (Å²) in [6.07, 6.45) is 0. The largest absolute Gasteiger partial charge is 0.478 e. The van der Waals surface area contributed by atoms with Crippen LogP contribution in [0.25, 0.3) is 5.69 Å². The van der Waals surface area contributed by atoms with Gasteiger partial charge < -0.3 is 5.11 Å². The van der Waals surface area contributed by atoms with Crippen LogP contribution in [0.15, 0.2) is 6.07 Å². The van der Waals surface area contributed by atoms with E-state index in [-0.39, 0.29) is 5.56 Å². The maximum atomic E-state index is 11.4. The van der Waals surface area contributed by atoms with Crippen molar-refractivity contribution in [2.45, 2.75) is 27.7 Å². The molecule has 0 saturated carbocycles. The zero-order valence-corrected chi connectivity index (χ0v) is 11.9. The molecule has 0 aliphatic carbocycles. The van der Waals surface area contributed by atoms with E-state index >= 15 is 0 Å². The minimum atomic E-state index is -1.02. The lowest BCUT2D eigenvalue weighted by atomic mass is 10.1. The lowest BCUT2D eigenvalue weighted by molar-refractivity contribution is 0.0695. The molecule has 6 heteroatoms. The van der Waals surface area contributed by atoms with E-state index in [4.69, 9.17) is 11.6 Å². The second kappa shape index (κ2) is 4.66. The molecule has 0 aromatic carbocycles. The van der Waals surface area contributed by atoms with Crippen LogP contribution >= 0.6 is 11.6 Å². The summed E-state index contributed by atoms with van der Waals surface area (Å²) in [4.78, 5) is 15.6. The summed E-state index contributed by atoms with van der Waals surface area (Å²) >= 11 is 6.11. The molecule has 0 unspecified atom stereocenters. The number of halogens is 1. The first-order chi connectivity index (χ1) is 8.82. The van der Waals surface area contributed by atoms with E-state index in [1.165, 1.54) is 0 Å². The number of aryl methyl sites for hydroxylation is 3. The highest BCUT2D eigenvalue weighted by atomic mass is 35.5. The van der Waals surface area contributed by atoms with Crippen molar-refractivity contribution in [2.24, 2.45) is 0 Å². The van der Waals surface area contributed by atoms with Crippen LogP contribution in [0, 0.1) is 27.7 Å². The molecule has 2 aromatic rings. The molecule has 5 nitrogen and oxygen atoms in total. The molecule has 100 valence electrons. The number of carboxylic acid groups (broad SMARTS) is 1. The summed E-state index contributed by atoms with van der Waals surface area (Å²) in [6, 6.07) is 1.70. The van der Waals surface area contributed by atoms with Crippen LogP contribution in [0.1, 0.15) is 33.1 Å². The van der Waals surface area contributed by atoms with Crippen molar-refractivity contribution >= 4 is 17.6 Å². The average molecular weight is 280 g/mol. The number of aromatic nitrogens is 3. The zero-order valence-electron chi connectivity index (χ0n) is 11.2. The van der Waals surface area contributed by atoms with E-state index < -0.39 is 5.97 Å². The van der Waals surface area contributed by atoms with Gasteiger partial charge >= 0.3 is 5.97 Å². The van der Waals surface area contributed by atoms with Gasteiger partial charge in [0, 0.05) is 5.69 Å². The first kappa shape index (κ1) is 13.5. The number of carbonyl (C=O) groups is 1. The second-order valence-corrected chi connectivity index (χ2v) is 4.82. The van der Waals surface area contributed by atoms with Crippen LogP contribution in [0.5, 0.6) is 0 Å². The van der Waals surface area contributed by atoms with E-state index in [0.717, 1.165) is 5.69 Å². The molecule has 0 saturated heterocycles. The van der Waals surface area contributed by atoms with Crippen molar-refractivity contribution in [3.63, 3.8) is 0 Å². The Hall–Kier alpha value is -1.88. The predicted octanol–water partition coefficient (Wildman–Crippen LogP) is 2.85. The van der Waals surface area contributed by atoms with Crippen LogP contribution in [0.4, 0.5) is 0 Å². The highest BCUT2D eigenvalue weighted by molar-refractivity contribution is 6.31. The van der Waals surface area contributed by atoms with Gasteiger partial charge in [-0.1, -0.05) is 11.6 Å². The van der Waals surface area contributed by atoms with Crippen molar-refractivity contribution in [1.82, 2.24) is 14.8 Å². The fourth-order valence-electron chi connectivity index (χ4n) is 2.10. The monoisotopic (exact) mass is 279 g/mol. The quantitative estimate of drug-likeness (QED) is 0.918.